The average molecular weight is 736 g/mol. The molecule has 274 valence electrons. The molecule has 5 aromatic rings. The van der Waals surface area contributed by atoms with Crippen molar-refractivity contribution in [3.63, 3.8) is 0 Å². The second-order valence-electron chi connectivity index (χ2n) is 15.6. The summed E-state index contributed by atoms with van der Waals surface area (Å²) < 4.78 is 19.4. The van der Waals surface area contributed by atoms with Crippen LogP contribution in [0, 0.1) is 12.7 Å². The summed E-state index contributed by atoms with van der Waals surface area (Å²) in [6.45, 7) is 7.77. The summed E-state index contributed by atoms with van der Waals surface area (Å²) in [5.41, 5.74) is 2.52. The Morgan fingerprint density at radius 3 is 2.68 bits per heavy atom. The van der Waals surface area contributed by atoms with Gasteiger partial charge in [-0.1, -0.05) is 37.6 Å². The molecular formula is C41H43ClFN7O3. The van der Waals surface area contributed by atoms with E-state index in [0.29, 0.717) is 69.4 Å². The van der Waals surface area contributed by atoms with Crippen LogP contribution in [0.25, 0.3) is 38.6 Å². The number of phenolic OH excluding ortho intramolecular Hbond substituents is 1. The molecule has 2 aromatic carbocycles. The molecule has 12 heteroatoms. The molecular weight excluding hydrogens is 693 g/mol. The van der Waals surface area contributed by atoms with Crippen molar-refractivity contribution in [3.8, 4) is 22.7 Å². The summed E-state index contributed by atoms with van der Waals surface area (Å²) in [6, 6.07) is 9.97. The van der Waals surface area contributed by atoms with E-state index in [1.165, 1.54) is 10.6 Å². The van der Waals surface area contributed by atoms with E-state index in [1.54, 1.807) is 41.6 Å². The Balaban J connectivity index is 1.39. The number of aromatic hydroxyl groups is 1. The number of amides is 1. The fourth-order valence-electron chi connectivity index (χ4n) is 9.54. The minimum Gasteiger partial charge on any atom is -0.508 e. The highest BCUT2D eigenvalue weighted by Crippen LogP contribution is 2.47. The second-order valence-corrected chi connectivity index (χ2v) is 16.0. The molecule has 0 aliphatic carbocycles. The predicted octanol–water partition coefficient (Wildman–Crippen LogP) is 6.67. The number of fused-ring (bicyclic) bond motifs is 9. The zero-order chi connectivity index (χ0) is 36.9. The van der Waals surface area contributed by atoms with E-state index in [0.717, 1.165) is 37.8 Å². The van der Waals surface area contributed by atoms with Gasteiger partial charge in [-0.15, -0.1) is 0 Å². The van der Waals surface area contributed by atoms with Gasteiger partial charge in [0.15, 0.2) is 5.82 Å². The van der Waals surface area contributed by atoms with Crippen molar-refractivity contribution < 1.29 is 14.3 Å². The molecule has 0 radical (unpaired) electrons. The van der Waals surface area contributed by atoms with E-state index >= 15 is 9.18 Å². The lowest BCUT2D eigenvalue weighted by Crippen LogP contribution is -2.67. The number of anilines is 2. The Labute approximate surface area is 312 Å². The van der Waals surface area contributed by atoms with E-state index in [4.69, 9.17) is 21.6 Å². The molecule has 10 nitrogen and oxygen atoms in total. The van der Waals surface area contributed by atoms with Crippen LogP contribution in [-0.4, -0.2) is 81.3 Å². The average Bonchev–Trinajstić information content (AvgIpc) is 3.72. The maximum atomic E-state index is 18.0. The smallest absolute Gasteiger partial charge is 0.281 e. The molecule has 2 N–H and O–H groups in total. The number of aromatic nitrogens is 3. The second kappa shape index (κ2) is 12.8. The van der Waals surface area contributed by atoms with Gasteiger partial charge >= 0.3 is 0 Å². The number of rotatable bonds is 6. The van der Waals surface area contributed by atoms with Crippen molar-refractivity contribution >= 4 is 50.6 Å². The summed E-state index contributed by atoms with van der Waals surface area (Å²) in [7, 11) is 2.11. The molecule has 4 unspecified atom stereocenters. The first-order valence-electron chi connectivity index (χ1n) is 18.7. The highest BCUT2D eigenvalue weighted by molar-refractivity contribution is 6.36. The molecule has 0 saturated carbocycles. The monoisotopic (exact) mass is 735 g/mol. The standard InChI is InChI=1S/C41H43ClFN7O3/c1-21(2)33-35(22(3)12-14-44-33)50-36-28(19-45-34(32(36)43)27-18-26(51)17-23-7-5-9-29(42)31(23)27)37-39(41(50)53)48(16-13-25-8-6-15-47(25)4)40(52)38-30-11-10-24(46-30)20-49(37)38/h5,7,9,12,14,17-19,21,24-25,30,38,46,51H,6,8,10-11,13,15-16,20H2,1-4H3. The normalized spacial score (nSPS) is 22.7. The van der Waals surface area contributed by atoms with E-state index < -0.39 is 17.4 Å². The van der Waals surface area contributed by atoms with Crippen LogP contribution in [-0.2, 0) is 4.79 Å². The largest absolute Gasteiger partial charge is 0.508 e. The maximum absolute atomic E-state index is 18.0. The lowest BCUT2D eigenvalue weighted by Gasteiger charge is -2.48. The van der Waals surface area contributed by atoms with E-state index in [1.807, 2.05) is 26.8 Å². The molecule has 3 fully saturated rings. The van der Waals surface area contributed by atoms with Crippen LogP contribution in [0.1, 0.15) is 63.1 Å². The minimum atomic E-state index is -0.724. The number of nitrogens with zero attached hydrogens (tertiary/aromatic N) is 6. The summed E-state index contributed by atoms with van der Waals surface area (Å²) >= 11 is 6.74. The molecule has 2 bridgehead atoms. The predicted molar refractivity (Wildman–Crippen MR) is 207 cm³/mol. The SMILES string of the molecule is Cc1ccnc(C(C)C)c1-n1c(=O)c2c(c3cnc(-c4cc(O)cc5cccc(Cl)c45)c(F)c31)N1CC3CCC(N3)C1C(=O)N2CCC1CCCN1C. The third-order valence-corrected chi connectivity index (χ3v) is 12.4. The van der Waals surface area contributed by atoms with Gasteiger partial charge in [-0.05, 0) is 93.8 Å². The van der Waals surface area contributed by atoms with Crippen molar-refractivity contribution in [1.29, 1.82) is 0 Å². The van der Waals surface area contributed by atoms with Gasteiger partial charge in [-0.2, -0.15) is 0 Å². The first-order chi connectivity index (χ1) is 25.5. The molecule has 3 aromatic heterocycles. The van der Waals surface area contributed by atoms with Gasteiger partial charge in [0.2, 0.25) is 0 Å². The first-order valence-corrected chi connectivity index (χ1v) is 19.1. The van der Waals surface area contributed by atoms with Gasteiger partial charge in [0.05, 0.1) is 22.6 Å². The van der Waals surface area contributed by atoms with E-state index in [9.17, 15) is 9.90 Å². The van der Waals surface area contributed by atoms with Gasteiger partial charge in [-0.3, -0.25) is 24.1 Å². The number of aryl methyl sites for hydroxylation is 1. The summed E-state index contributed by atoms with van der Waals surface area (Å²) in [4.78, 5) is 46.0. The minimum absolute atomic E-state index is 0.0443. The third-order valence-electron chi connectivity index (χ3n) is 12.0. The van der Waals surface area contributed by atoms with Crippen LogP contribution in [0.3, 0.4) is 0 Å². The highest BCUT2D eigenvalue weighted by Gasteiger charge is 2.51. The summed E-state index contributed by atoms with van der Waals surface area (Å²) in [5.74, 6) is -0.995. The van der Waals surface area contributed by atoms with Crippen molar-refractivity contribution in [2.75, 3.05) is 36.5 Å². The Bertz CT molecular complexity index is 2400. The van der Waals surface area contributed by atoms with Crippen LogP contribution in [0.2, 0.25) is 5.02 Å². The molecule has 4 aliphatic heterocycles. The zero-order valence-corrected chi connectivity index (χ0v) is 31.1. The number of hydrogen-bond acceptors (Lipinski definition) is 8. The quantitative estimate of drug-likeness (QED) is 0.199. The number of piperazine rings is 1. The zero-order valence-electron chi connectivity index (χ0n) is 30.4. The van der Waals surface area contributed by atoms with Crippen molar-refractivity contribution in [3.05, 3.63) is 81.2 Å². The lowest BCUT2D eigenvalue weighted by molar-refractivity contribution is -0.121. The number of carbonyl (C=O) groups is 1. The van der Waals surface area contributed by atoms with Crippen LogP contribution < -0.4 is 20.7 Å². The molecule has 7 heterocycles. The number of likely N-dealkylation sites (tertiary alicyclic amines) is 1. The van der Waals surface area contributed by atoms with Crippen molar-refractivity contribution in [2.45, 2.75) is 83.0 Å². The molecule has 0 spiro atoms. The summed E-state index contributed by atoms with van der Waals surface area (Å²) in [6.07, 6.45) is 7.94. The van der Waals surface area contributed by atoms with E-state index in [2.05, 4.69) is 22.2 Å². The Kier molecular flexibility index (Phi) is 8.25. The van der Waals surface area contributed by atoms with Gasteiger partial charge in [0.25, 0.3) is 11.5 Å². The number of halogens is 2. The first kappa shape index (κ1) is 34.2. The van der Waals surface area contributed by atoms with Crippen LogP contribution >= 0.6 is 11.6 Å². The fraction of sp³-hybridized carbons (Fsp3) is 0.415. The number of carbonyl (C=O) groups excluding carboxylic acids is 1. The maximum Gasteiger partial charge on any atom is 0.281 e. The summed E-state index contributed by atoms with van der Waals surface area (Å²) in [5, 5.41) is 16.5. The Morgan fingerprint density at radius 2 is 1.91 bits per heavy atom. The van der Waals surface area contributed by atoms with Gasteiger partial charge in [0.1, 0.15) is 23.2 Å². The van der Waals surface area contributed by atoms with Gasteiger partial charge in [0, 0.05) is 65.0 Å². The molecule has 3 saturated heterocycles. The molecule has 1 amide bonds. The van der Waals surface area contributed by atoms with Crippen LogP contribution in [0.5, 0.6) is 5.75 Å². The van der Waals surface area contributed by atoms with Crippen LogP contribution in [0.15, 0.2) is 53.6 Å². The molecule has 4 aliphatic rings. The topological polar surface area (TPSA) is 107 Å². The van der Waals surface area contributed by atoms with Crippen LogP contribution in [0.4, 0.5) is 15.8 Å². The van der Waals surface area contributed by atoms with Gasteiger partial charge in [-0.25, -0.2) is 4.39 Å². The molecule has 53 heavy (non-hydrogen) atoms. The number of nitrogens with one attached hydrogen (secondary N) is 1. The highest BCUT2D eigenvalue weighted by atomic mass is 35.5. The fourth-order valence-corrected chi connectivity index (χ4v) is 9.82. The molecule has 4 atom stereocenters. The van der Waals surface area contributed by atoms with Crippen molar-refractivity contribution in [1.82, 2.24) is 24.8 Å². The lowest BCUT2D eigenvalue weighted by atomic mass is 9.95. The number of hydrogen-bond donors (Lipinski definition) is 2. The number of phenols is 1. The Morgan fingerprint density at radius 1 is 1.08 bits per heavy atom. The number of pyridine rings is 3. The van der Waals surface area contributed by atoms with E-state index in [-0.39, 0.29) is 46.6 Å². The van der Waals surface area contributed by atoms with Crippen molar-refractivity contribution in [2.24, 2.45) is 0 Å². The number of benzene rings is 2. The third kappa shape index (κ3) is 5.26. The van der Waals surface area contributed by atoms with Gasteiger partial charge < -0.3 is 25.1 Å². The molecule has 9 rings (SSSR count). The Hall–Kier alpha value is -4.58.